The van der Waals surface area contributed by atoms with Gasteiger partial charge in [-0.05, 0) is 68.5 Å². The largest absolute Gasteiger partial charge is 0.368 e. The van der Waals surface area contributed by atoms with Gasteiger partial charge in [-0.15, -0.1) is 0 Å². The van der Waals surface area contributed by atoms with Crippen molar-refractivity contribution in [1.29, 1.82) is 0 Å². The lowest BCUT2D eigenvalue weighted by molar-refractivity contribution is -0.0448. The lowest BCUT2D eigenvalue weighted by atomic mass is 9.52. The van der Waals surface area contributed by atoms with Crippen LogP contribution in [0.5, 0.6) is 0 Å². The summed E-state index contributed by atoms with van der Waals surface area (Å²) in [6, 6.07) is 12.5. The Morgan fingerprint density at radius 3 is 1.91 bits per heavy atom. The smallest absolute Gasteiger partial charge is 0.130 e. The average Bonchev–Trinajstić information content (AvgIpc) is 3.54. The predicted molar refractivity (Wildman–Crippen MR) is 134 cm³/mol. The van der Waals surface area contributed by atoms with Gasteiger partial charge >= 0.3 is 0 Å². The Morgan fingerprint density at radius 2 is 1.32 bits per heavy atom. The Kier molecular flexibility index (Phi) is 5.40. The van der Waals surface area contributed by atoms with Crippen LogP contribution >= 0.6 is 0 Å². The lowest BCUT2D eigenvalue weighted by Gasteiger charge is -2.55. The number of para-hydroxylation sites is 2. The van der Waals surface area contributed by atoms with Crippen LogP contribution in [0.15, 0.2) is 58.7 Å². The average molecular weight is 457 g/mol. The number of nitrogens with zero attached hydrogens (tertiary/aromatic N) is 4. The summed E-state index contributed by atoms with van der Waals surface area (Å²) < 4.78 is 6.80. The van der Waals surface area contributed by atoms with Gasteiger partial charge in [0, 0.05) is 12.7 Å². The fourth-order valence-corrected chi connectivity index (χ4v) is 6.30. The number of benzene rings is 2. The van der Waals surface area contributed by atoms with Gasteiger partial charge in [-0.3, -0.25) is 0 Å². The van der Waals surface area contributed by atoms with E-state index >= 15 is 0 Å². The Balaban J connectivity index is 2.00. The zero-order valence-electron chi connectivity index (χ0n) is 20.8. The molecule has 5 rings (SSSR count). The van der Waals surface area contributed by atoms with E-state index in [4.69, 9.17) is 4.74 Å². The zero-order chi connectivity index (χ0) is 24.1. The van der Waals surface area contributed by atoms with Crippen LogP contribution in [-0.2, 0) is 15.8 Å². The first-order valence-electron chi connectivity index (χ1n) is 11.9. The molecule has 34 heavy (non-hydrogen) atoms. The highest BCUT2D eigenvalue weighted by Gasteiger charge is 2.60. The van der Waals surface area contributed by atoms with E-state index in [1.165, 1.54) is 22.3 Å². The fourth-order valence-electron chi connectivity index (χ4n) is 6.30. The number of aromatic amines is 2. The summed E-state index contributed by atoms with van der Waals surface area (Å²) in [6.07, 6.45) is 3.00. The number of ether oxygens (including phenoxy) is 1. The fraction of sp³-hybridized carbons (Fsp3) is 0.407. The molecule has 0 fully saturated rings. The number of unbranched alkanes of at least 4 members (excludes halogenated alkanes) is 1. The van der Waals surface area contributed by atoms with Crippen LogP contribution in [0.4, 0.5) is 0 Å². The van der Waals surface area contributed by atoms with Crippen LogP contribution in [0.3, 0.4) is 0 Å². The second-order valence-electron chi connectivity index (χ2n) is 9.39. The normalized spacial score (nSPS) is 23.5. The molecule has 2 aromatic carbocycles. The highest BCUT2D eigenvalue weighted by atomic mass is 16.5. The summed E-state index contributed by atoms with van der Waals surface area (Å²) in [6.45, 7) is 11.1. The molecule has 7 nitrogen and oxygen atoms in total. The van der Waals surface area contributed by atoms with Crippen LogP contribution in [-0.4, -0.2) is 37.9 Å². The van der Waals surface area contributed by atoms with Crippen molar-refractivity contribution in [3.8, 4) is 0 Å². The Labute approximate surface area is 199 Å². The summed E-state index contributed by atoms with van der Waals surface area (Å²) in [4.78, 5) is 0. The molecule has 0 aliphatic heterocycles. The molecule has 2 unspecified atom stereocenters. The van der Waals surface area contributed by atoms with Crippen LogP contribution < -0.4 is 0 Å². The first kappa shape index (κ1) is 22.5. The molecular formula is C27H32N6O. The van der Waals surface area contributed by atoms with Crippen molar-refractivity contribution in [2.45, 2.75) is 64.9 Å². The van der Waals surface area contributed by atoms with Crippen LogP contribution in [0.1, 0.15) is 65.0 Å². The number of hydrogen-bond acceptors (Lipinski definition) is 5. The summed E-state index contributed by atoms with van der Waals surface area (Å²) >= 11 is 0. The van der Waals surface area contributed by atoms with E-state index in [-0.39, 0.29) is 0 Å². The van der Waals surface area contributed by atoms with E-state index in [1.54, 1.807) is 0 Å². The molecule has 0 spiro atoms. The summed E-state index contributed by atoms with van der Waals surface area (Å²) in [5.74, 6) is 0. The standard InChI is InChI=1S/C27H32N6O/c1-7-8-15-26(20-11-9-13-22-24(20)30-32-28-22)18(4)16(2)17(3)19(5)27(26,34-6)21-12-10-14-23-25(21)31-33-29-23/h9-14H,7-8,15H2,1-6H3,(H,28,30,32)(H,29,31,33). The molecule has 7 heteroatoms. The van der Waals surface area contributed by atoms with E-state index in [0.717, 1.165) is 52.5 Å². The molecule has 2 N–H and O–H groups in total. The number of nitrogens with one attached hydrogen (secondary N) is 2. The SMILES string of the molecule is CCCCC1(c2cccc3n[nH]nc23)C(C)=C(C)C(C)=C(C)C1(OC)c1cccc2n[nH]nc12. The van der Waals surface area contributed by atoms with E-state index in [1.807, 2.05) is 25.3 Å². The third kappa shape index (κ3) is 2.73. The van der Waals surface area contributed by atoms with E-state index < -0.39 is 11.0 Å². The predicted octanol–water partition coefficient (Wildman–Crippen LogP) is 5.89. The molecule has 0 saturated heterocycles. The molecule has 2 aromatic heterocycles. The molecule has 1 aliphatic carbocycles. The highest BCUT2D eigenvalue weighted by molar-refractivity contribution is 5.84. The molecular weight excluding hydrogens is 424 g/mol. The molecule has 0 amide bonds. The number of fused-ring (bicyclic) bond motifs is 2. The highest BCUT2D eigenvalue weighted by Crippen LogP contribution is 2.62. The van der Waals surface area contributed by atoms with Gasteiger partial charge < -0.3 is 4.74 Å². The molecule has 176 valence electrons. The quantitative estimate of drug-likeness (QED) is 0.378. The van der Waals surface area contributed by atoms with Crippen LogP contribution in [0.25, 0.3) is 22.1 Å². The van der Waals surface area contributed by atoms with Gasteiger partial charge in [0.1, 0.15) is 27.7 Å². The number of rotatable bonds is 6. The Hall–Kier alpha value is -3.32. The van der Waals surface area contributed by atoms with Crippen molar-refractivity contribution >= 4 is 22.1 Å². The molecule has 4 aromatic rings. The number of aromatic nitrogens is 6. The Bertz CT molecular complexity index is 1440. The van der Waals surface area contributed by atoms with E-state index in [2.05, 4.69) is 83.6 Å². The molecule has 1 aliphatic rings. The van der Waals surface area contributed by atoms with E-state index in [9.17, 15) is 0 Å². The van der Waals surface area contributed by atoms with Crippen molar-refractivity contribution in [2.24, 2.45) is 0 Å². The third-order valence-corrected chi connectivity index (χ3v) is 8.20. The molecule has 0 saturated carbocycles. The van der Waals surface area contributed by atoms with Crippen LogP contribution in [0.2, 0.25) is 0 Å². The first-order valence-corrected chi connectivity index (χ1v) is 11.9. The maximum absolute atomic E-state index is 6.80. The van der Waals surface area contributed by atoms with Crippen molar-refractivity contribution < 1.29 is 4.74 Å². The number of methoxy groups -OCH3 is 1. The van der Waals surface area contributed by atoms with Crippen molar-refractivity contribution in [3.05, 3.63) is 69.8 Å². The lowest BCUT2D eigenvalue weighted by Crippen LogP contribution is -2.55. The third-order valence-electron chi connectivity index (χ3n) is 8.20. The number of hydrogen-bond donors (Lipinski definition) is 2. The maximum atomic E-state index is 6.80. The van der Waals surface area contributed by atoms with Crippen molar-refractivity contribution in [1.82, 2.24) is 30.8 Å². The van der Waals surface area contributed by atoms with Crippen molar-refractivity contribution in [2.75, 3.05) is 7.11 Å². The maximum Gasteiger partial charge on any atom is 0.130 e. The van der Waals surface area contributed by atoms with Crippen LogP contribution in [0, 0.1) is 0 Å². The molecule has 2 heterocycles. The summed E-state index contributed by atoms with van der Waals surface area (Å²) in [5.41, 5.74) is 9.23. The topological polar surface area (TPSA) is 92.4 Å². The molecule has 2 atom stereocenters. The van der Waals surface area contributed by atoms with Gasteiger partial charge in [-0.1, -0.05) is 49.6 Å². The molecule has 0 bridgehead atoms. The summed E-state index contributed by atoms with van der Waals surface area (Å²) in [5, 5.41) is 23.7. The minimum absolute atomic E-state index is 0.519. The second-order valence-corrected chi connectivity index (χ2v) is 9.39. The van der Waals surface area contributed by atoms with E-state index in [0.29, 0.717) is 0 Å². The Morgan fingerprint density at radius 1 is 0.765 bits per heavy atom. The second kappa shape index (κ2) is 8.17. The van der Waals surface area contributed by atoms with Gasteiger partial charge in [0.05, 0.1) is 5.41 Å². The number of H-pyrrole nitrogens is 2. The van der Waals surface area contributed by atoms with Gasteiger partial charge in [0.25, 0.3) is 0 Å². The van der Waals surface area contributed by atoms with Gasteiger partial charge in [-0.2, -0.15) is 30.8 Å². The minimum atomic E-state index is -0.806. The molecule has 0 radical (unpaired) electrons. The zero-order valence-corrected chi connectivity index (χ0v) is 20.8. The minimum Gasteiger partial charge on any atom is -0.368 e. The number of allylic oxidation sites excluding steroid dienone is 2. The summed E-state index contributed by atoms with van der Waals surface area (Å²) in [7, 11) is 1.83. The van der Waals surface area contributed by atoms with Gasteiger partial charge in [0.15, 0.2) is 0 Å². The van der Waals surface area contributed by atoms with Gasteiger partial charge in [0.2, 0.25) is 0 Å². The first-order chi connectivity index (χ1) is 16.4. The monoisotopic (exact) mass is 456 g/mol. The van der Waals surface area contributed by atoms with Crippen molar-refractivity contribution in [3.63, 3.8) is 0 Å². The van der Waals surface area contributed by atoms with Gasteiger partial charge in [-0.25, -0.2) is 0 Å².